The van der Waals surface area contributed by atoms with Crippen molar-refractivity contribution in [2.75, 3.05) is 19.6 Å². The Morgan fingerprint density at radius 3 is 2.39 bits per heavy atom. The molecule has 0 radical (unpaired) electrons. The molecule has 1 heterocycles. The molecule has 41 heavy (non-hydrogen) atoms. The molecule has 0 spiro atoms. The van der Waals surface area contributed by atoms with Gasteiger partial charge in [-0.2, -0.15) is 0 Å². The second-order valence-corrected chi connectivity index (χ2v) is 12.2. The maximum atomic E-state index is 13.5. The predicted molar refractivity (Wildman–Crippen MR) is 165 cm³/mol. The Morgan fingerprint density at radius 1 is 0.951 bits per heavy atom. The molecular weight excluding hydrogens is 536 g/mol. The van der Waals surface area contributed by atoms with Gasteiger partial charge in [0, 0.05) is 36.5 Å². The minimum atomic E-state index is -0.752. The highest BCUT2D eigenvalue weighted by molar-refractivity contribution is 6.30. The predicted octanol–water partition coefficient (Wildman–Crippen LogP) is 4.85. The van der Waals surface area contributed by atoms with Gasteiger partial charge in [-0.25, -0.2) is 0 Å². The largest absolute Gasteiger partial charge is 0.354 e. The van der Waals surface area contributed by atoms with Crippen molar-refractivity contribution in [1.29, 1.82) is 0 Å². The fraction of sp³-hybridized carbons (Fsp3) is 0.424. The summed E-state index contributed by atoms with van der Waals surface area (Å²) in [7, 11) is 0. The van der Waals surface area contributed by atoms with Gasteiger partial charge in [-0.3, -0.25) is 14.4 Å². The maximum absolute atomic E-state index is 13.5. The topological polar surface area (TPSA) is 90.5 Å². The number of nitrogens with zero attached hydrogens (tertiary/aromatic N) is 1. The van der Waals surface area contributed by atoms with Crippen molar-refractivity contribution in [3.8, 4) is 0 Å². The Hall–Kier alpha value is -3.42. The lowest BCUT2D eigenvalue weighted by Crippen LogP contribution is -2.55. The van der Waals surface area contributed by atoms with Crippen LogP contribution in [-0.4, -0.2) is 54.3 Å². The van der Waals surface area contributed by atoms with Crippen LogP contribution in [0.4, 0.5) is 0 Å². The van der Waals surface area contributed by atoms with Crippen LogP contribution in [0.2, 0.25) is 5.02 Å². The van der Waals surface area contributed by atoms with Crippen molar-refractivity contribution >= 4 is 40.1 Å². The highest BCUT2D eigenvalue weighted by Crippen LogP contribution is 2.26. The standard InChI is InChI=1S/C33H41ClN4O3/c1-33(2,3)32(41)38-19-6-10-29(38)31(40)37-28(21-24-11-14-25-8-4-5-9-26(25)20-24)30(39)36-18-7-17-35-22-23-12-15-27(34)16-13-23/h4-5,8-9,11-16,20,28-29,35H,6-7,10,17-19,21-22H2,1-3H3,(H,36,39)(H,37,40)/t28-,29?/m1/s1. The first-order chi connectivity index (χ1) is 19.6. The van der Waals surface area contributed by atoms with Gasteiger partial charge in [-0.15, -0.1) is 0 Å². The van der Waals surface area contributed by atoms with Gasteiger partial charge in [0.25, 0.3) is 0 Å². The van der Waals surface area contributed by atoms with Crippen LogP contribution >= 0.6 is 11.6 Å². The van der Waals surface area contributed by atoms with E-state index in [0.717, 1.165) is 47.8 Å². The molecule has 3 amide bonds. The van der Waals surface area contributed by atoms with Crippen LogP contribution in [0.25, 0.3) is 10.8 Å². The molecule has 0 aromatic heterocycles. The van der Waals surface area contributed by atoms with E-state index in [1.165, 1.54) is 0 Å². The van der Waals surface area contributed by atoms with Crippen LogP contribution in [0.15, 0.2) is 66.7 Å². The molecular formula is C33H41ClN4O3. The van der Waals surface area contributed by atoms with E-state index >= 15 is 0 Å². The lowest BCUT2D eigenvalue weighted by Gasteiger charge is -2.31. The number of nitrogens with one attached hydrogen (secondary N) is 3. The van der Waals surface area contributed by atoms with Gasteiger partial charge in [0.1, 0.15) is 12.1 Å². The smallest absolute Gasteiger partial charge is 0.243 e. The summed E-state index contributed by atoms with van der Waals surface area (Å²) >= 11 is 5.95. The van der Waals surface area contributed by atoms with Crippen LogP contribution in [0.1, 0.15) is 51.2 Å². The number of carbonyl (C=O) groups is 3. The molecule has 3 N–H and O–H groups in total. The molecule has 1 aliphatic heterocycles. The van der Waals surface area contributed by atoms with Gasteiger partial charge < -0.3 is 20.9 Å². The first kappa shape index (κ1) is 30.5. The summed E-state index contributed by atoms with van der Waals surface area (Å²) in [6, 6.07) is 20.6. The van der Waals surface area contributed by atoms with Gasteiger partial charge in [-0.1, -0.05) is 87.0 Å². The van der Waals surface area contributed by atoms with E-state index in [4.69, 9.17) is 11.6 Å². The molecule has 7 nitrogen and oxygen atoms in total. The normalized spacial score (nSPS) is 16.0. The van der Waals surface area contributed by atoms with E-state index in [2.05, 4.69) is 22.0 Å². The second-order valence-electron chi connectivity index (χ2n) is 11.8. The fourth-order valence-corrected chi connectivity index (χ4v) is 5.30. The van der Waals surface area contributed by atoms with Crippen molar-refractivity contribution in [2.24, 2.45) is 5.41 Å². The average Bonchev–Trinajstić information content (AvgIpc) is 3.44. The van der Waals surface area contributed by atoms with Crippen LogP contribution in [0.5, 0.6) is 0 Å². The zero-order valence-corrected chi connectivity index (χ0v) is 25.0. The monoisotopic (exact) mass is 576 g/mol. The SMILES string of the molecule is CC(C)(C)C(=O)N1CCCC1C(=O)N[C@H](Cc1ccc2ccccc2c1)C(=O)NCCCNCc1ccc(Cl)cc1. The van der Waals surface area contributed by atoms with Gasteiger partial charge in [-0.05, 0) is 59.8 Å². The molecule has 0 bridgehead atoms. The third-order valence-corrected chi connectivity index (χ3v) is 7.67. The first-order valence-corrected chi connectivity index (χ1v) is 14.8. The van der Waals surface area contributed by atoms with Crippen LogP contribution in [-0.2, 0) is 27.3 Å². The number of benzene rings is 3. The highest BCUT2D eigenvalue weighted by Gasteiger charge is 2.39. The number of halogens is 1. The average molecular weight is 577 g/mol. The number of rotatable bonds is 11. The van der Waals surface area contributed by atoms with Crippen LogP contribution in [0.3, 0.4) is 0 Å². The Morgan fingerprint density at radius 2 is 1.66 bits per heavy atom. The molecule has 1 fully saturated rings. The number of carbonyl (C=O) groups excluding carboxylic acids is 3. The van der Waals surface area contributed by atoms with E-state index in [0.29, 0.717) is 31.0 Å². The molecule has 1 aliphatic rings. The van der Waals surface area contributed by atoms with Gasteiger partial charge >= 0.3 is 0 Å². The van der Waals surface area contributed by atoms with Gasteiger partial charge in [0.15, 0.2) is 0 Å². The number of hydrogen-bond acceptors (Lipinski definition) is 4. The molecule has 3 aromatic carbocycles. The molecule has 0 aliphatic carbocycles. The summed E-state index contributed by atoms with van der Waals surface area (Å²) < 4.78 is 0. The summed E-state index contributed by atoms with van der Waals surface area (Å²) in [4.78, 5) is 41.5. The molecule has 2 atom stereocenters. The molecule has 3 aromatic rings. The van der Waals surface area contributed by atoms with E-state index in [9.17, 15) is 14.4 Å². The fourth-order valence-electron chi connectivity index (χ4n) is 5.17. The molecule has 1 saturated heterocycles. The molecule has 218 valence electrons. The summed E-state index contributed by atoms with van der Waals surface area (Å²) in [5.74, 6) is -0.543. The van der Waals surface area contributed by atoms with E-state index in [1.807, 2.05) is 81.4 Å². The summed E-state index contributed by atoms with van der Waals surface area (Å²) in [6.07, 6.45) is 2.46. The van der Waals surface area contributed by atoms with E-state index < -0.39 is 17.5 Å². The first-order valence-electron chi connectivity index (χ1n) is 14.4. The third-order valence-electron chi connectivity index (χ3n) is 7.42. The van der Waals surface area contributed by atoms with Gasteiger partial charge in [0.2, 0.25) is 17.7 Å². The van der Waals surface area contributed by atoms with Crippen molar-refractivity contribution in [3.63, 3.8) is 0 Å². The number of likely N-dealkylation sites (tertiary alicyclic amines) is 1. The molecule has 4 rings (SSSR count). The quantitative estimate of drug-likeness (QED) is 0.285. The number of fused-ring (bicyclic) bond motifs is 1. The van der Waals surface area contributed by atoms with Crippen molar-refractivity contribution in [2.45, 2.75) is 65.1 Å². The zero-order valence-electron chi connectivity index (χ0n) is 24.2. The molecule has 1 unspecified atom stereocenters. The van der Waals surface area contributed by atoms with E-state index in [-0.39, 0.29) is 17.7 Å². The van der Waals surface area contributed by atoms with E-state index in [1.54, 1.807) is 4.90 Å². The third kappa shape index (κ3) is 8.54. The second kappa shape index (κ2) is 14.0. The lowest BCUT2D eigenvalue weighted by molar-refractivity contribution is -0.145. The van der Waals surface area contributed by atoms with Crippen molar-refractivity contribution in [1.82, 2.24) is 20.9 Å². The van der Waals surface area contributed by atoms with Gasteiger partial charge in [0.05, 0.1) is 0 Å². The zero-order chi connectivity index (χ0) is 29.4. The number of amides is 3. The Bertz CT molecular complexity index is 1350. The molecule has 0 saturated carbocycles. The highest BCUT2D eigenvalue weighted by atomic mass is 35.5. The summed E-state index contributed by atoms with van der Waals surface area (Å²) in [5.41, 5.74) is 1.53. The van der Waals surface area contributed by atoms with Crippen molar-refractivity contribution in [3.05, 3.63) is 82.9 Å². The minimum absolute atomic E-state index is 0.0446. The Balaban J connectivity index is 1.38. The summed E-state index contributed by atoms with van der Waals surface area (Å²) in [5, 5.41) is 12.3. The Labute approximate surface area is 248 Å². The summed E-state index contributed by atoms with van der Waals surface area (Å²) in [6.45, 7) is 8.08. The number of hydrogen-bond donors (Lipinski definition) is 3. The minimum Gasteiger partial charge on any atom is -0.354 e. The molecule has 8 heteroatoms. The van der Waals surface area contributed by atoms with Crippen LogP contribution in [0, 0.1) is 5.41 Å². The van der Waals surface area contributed by atoms with Crippen molar-refractivity contribution < 1.29 is 14.4 Å². The van der Waals surface area contributed by atoms with Crippen LogP contribution < -0.4 is 16.0 Å². The maximum Gasteiger partial charge on any atom is 0.243 e. The Kier molecular flexibility index (Phi) is 10.4. The lowest BCUT2D eigenvalue weighted by atomic mass is 9.94.